The number of nitrogens with zero attached hydrogens (tertiary/aromatic N) is 3. The lowest BCUT2D eigenvalue weighted by Gasteiger charge is -2.20. The standard InChI is InChI=1S/C37H41N3O4S/c1-7-8-13-35-38-33-23-20-29(39(6)45(42,43)30-21-14-26(2)15-22-30)24-34(33)40(35)25-27-16-18-28(19-17-27)31-11-9-10-12-32(31)36(41)44-37(3,4)5/h9-12,14-24H,7-8,13,25H2,1-6H3. The third-order valence-corrected chi connectivity index (χ3v) is 9.56. The van der Waals surface area contributed by atoms with Crippen LogP contribution < -0.4 is 4.31 Å². The molecule has 0 radical (unpaired) electrons. The number of hydrogen-bond donors (Lipinski definition) is 0. The molecule has 0 unspecified atom stereocenters. The number of esters is 1. The molecule has 0 fully saturated rings. The molecule has 0 amide bonds. The zero-order valence-corrected chi connectivity index (χ0v) is 27.7. The van der Waals surface area contributed by atoms with Gasteiger partial charge in [0.15, 0.2) is 0 Å². The highest BCUT2D eigenvalue weighted by atomic mass is 32.2. The molecule has 0 aliphatic heterocycles. The van der Waals surface area contributed by atoms with Crippen LogP contribution in [0.25, 0.3) is 22.2 Å². The summed E-state index contributed by atoms with van der Waals surface area (Å²) in [6, 6.07) is 28.2. The van der Waals surface area contributed by atoms with E-state index in [2.05, 4.69) is 23.6 Å². The van der Waals surface area contributed by atoms with Gasteiger partial charge in [0.05, 0.1) is 27.2 Å². The molecule has 5 aromatic rings. The third kappa shape index (κ3) is 7.12. The fourth-order valence-corrected chi connectivity index (χ4v) is 6.47. The van der Waals surface area contributed by atoms with E-state index in [4.69, 9.17) is 9.72 Å². The molecule has 1 heterocycles. The van der Waals surface area contributed by atoms with Gasteiger partial charge in [-0.25, -0.2) is 18.2 Å². The summed E-state index contributed by atoms with van der Waals surface area (Å²) in [6.45, 7) is 10.2. The number of fused-ring (bicyclic) bond motifs is 1. The molecule has 0 aliphatic carbocycles. The zero-order valence-electron chi connectivity index (χ0n) is 26.9. The van der Waals surface area contributed by atoms with Crippen molar-refractivity contribution in [3.8, 4) is 11.1 Å². The Balaban J connectivity index is 1.48. The Hall–Kier alpha value is -4.43. The number of sulfonamides is 1. The number of carbonyl (C=O) groups excluding carboxylic acids is 1. The maximum Gasteiger partial charge on any atom is 0.339 e. The Bertz CT molecular complexity index is 1920. The molecule has 0 N–H and O–H groups in total. The van der Waals surface area contributed by atoms with Crippen LogP contribution in [0.2, 0.25) is 0 Å². The maximum atomic E-state index is 13.5. The van der Waals surface area contributed by atoms with Crippen LogP contribution in [0.4, 0.5) is 5.69 Å². The minimum absolute atomic E-state index is 0.251. The quantitative estimate of drug-likeness (QED) is 0.147. The van der Waals surface area contributed by atoms with Crippen LogP contribution in [-0.2, 0) is 27.7 Å². The van der Waals surface area contributed by atoms with Crippen LogP contribution in [0.15, 0.2) is 95.9 Å². The van der Waals surface area contributed by atoms with Crippen LogP contribution in [-0.4, -0.2) is 36.6 Å². The zero-order chi connectivity index (χ0) is 32.4. The second-order valence-corrected chi connectivity index (χ2v) is 14.4. The van der Waals surface area contributed by atoms with Crippen molar-refractivity contribution in [3.05, 3.63) is 114 Å². The van der Waals surface area contributed by atoms with E-state index in [1.807, 2.05) is 76.2 Å². The Morgan fingerprint density at radius 2 is 1.62 bits per heavy atom. The van der Waals surface area contributed by atoms with Crippen molar-refractivity contribution >= 4 is 32.7 Å². The number of carbonyl (C=O) groups is 1. The van der Waals surface area contributed by atoms with Crippen molar-refractivity contribution < 1.29 is 17.9 Å². The lowest BCUT2D eigenvalue weighted by molar-refractivity contribution is 0.00704. The molecule has 45 heavy (non-hydrogen) atoms. The average molecular weight is 624 g/mol. The monoisotopic (exact) mass is 623 g/mol. The van der Waals surface area contributed by atoms with Gasteiger partial charge < -0.3 is 9.30 Å². The second-order valence-electron chi connectivity index (χ2n) is 12.4. The summed E-state index contributed by atoms with van der Waals surface area (Å²) in [6.07, 6.45) is 2.86. The first-order chi connectivity index (χ1) is 21.4. The highest BCUT2D eigenvalue weighted by Crippen LogP contribution is 2.30. The van der Waals surface area contributed by atoms with Crippen LogP contribution >= 0.6 is 0 Å². The van der Waals surface area contributed by atoms with Gasteiger partial charge in [0.25, 0.3) is 10.0 Å². The van der Waals surface area contributed by atoms with Gasteiger partial charge in [-0.05, 0) is 87.2 Å². The Morgan fingerprint density at radius 1 is 0.933 bits per heavy atom. The van der Waals surface area contributed by atoms with E-state index in [9.17, 15) is 13.2 Å². The molecule has 0 bridgehead atoms. The molecule has 0 aliphatic rings. The predicted molar refractivity (Wildman–Crippen MR) is 181 cm³/mol. The van der Waals surface area contributed by atoms with Crippen molar-refractivity contribution in [1.29, 1.82) is 0 Å². The summed E-state index contributed by atoms with van der Waals surface area (Å²) in [5, 5.41) is 0. The molecule has 1 aromatic heterocycles. The van der Waals surface area contributed by atoms with E-state index in [1.54, 1.807) is 37.4 Å². The van der Waals surface area contributed by atoms with E-state index in [-0.39, 0.29) is 10.9 Å². The van der Waals surface area contributed by atoms with Gasteiger partial charge in [0.1, 0.15) is 11.4 Å². The molecular formula is C37H41N3O4S. The summed E-state index contributed by atoms with van der Waals surface area (Å²) in [5.74, 6) is 0.616. The SMILES string of the molecule is CCCCc1nc2ccc(N(C)S(=O)(=O)c3ccc(C)cc3)cc2n1Cc1ccc(-c2ccccc2C(=O)OC(C)(C)C)cc1. The second kappa shape index (κ2) is 12.9. The van der Waals surface area contributed by atoms with Gasteiger partial charge in [-0.1, -0.05) is 73.5 Å². The summed E-state index contributed by atoms with van der Waals surface area (Å²) < 4.78 is 36.1. The van der Waals surface area contributed by atoms with Crippen LogP contribution in [0.1, 0.15) is 67.8 Å². The molecule has 0 atom stereocenters. The van der Waals surface area contributed by atoms with Crippen molar-refractivity contribution in [2.75, 3.05) is 11.4 Å². The Kier molecular flexibility index (Phi) is 9.16. The molecular weight excluding hydrogens is 582 g/mol. The molecule has 0 saturated heterocycles. The molecule has 7 nitrogen and oxygen atoms in total. The fourth-order valence-electron chi connectivity index (χ4n) is 5.28. The Morgan fingerprint density at radius 3 is 2.29 bits per heavy atom. The number of imidazole rings is 1. The minimum atomic E-state index is -3.74. The van der Waals surface area contributed by atoms with E-state index >= 15 is 0 Å². The van der Waals surface area contributed by atoms with Gasteiger partial charge in [0.2, 0.25) is 0 Å². The van der Waals surface area contributed by atoms with Crippen LogP contribution in [0, 0.1) is 6.92 Å². The van der Waals surface area contributed by atoms with E-state index in [0.717, 1.165) is 58.4 Å². The first-order valence-electron chi connectivity index (χ1n) is 15.3. The largest absolute Gasteiger partial charge is 0.456 e. The van der Waals surface area contributed by atoms with E-state index in [0.29, 0.717) is 17.8 Å². The molecule has 4 aromatic carbocycles. The summed E-state index contributed by atoms with van der Waals surface area (Å²) >= 11 is 0. The topological polar surface area (TPSA) is 81.5 Å². The van der Waals surface area contributed by atoms with Crippen molar-refractivity contribution in [1.82, 2.24) is 9.55 Å². The maximum absolute atomic E-state index is 13.5. The van der Waals surface area contributed by atoms with Crippen LogP contribution in [0.5, 0.6) is 0 Å². The highest BCUT2D eigenvalue weighted by molar-refractivity contribution is 7.92. The van der Waals surface area contributed by atoms with Gasteiger partial charge in [-0.15, -0.1) is 0 Å². The number of aryl methyl sites for hydroxylation is 2. The summed E-state index contributed by atoms with van der Waals surface area (Å²) in [5.41, 5.74) is 6.03. The molecule has 5 rings (SSSR count). The molecule has 0 saturated carbocycles. The number of ether oxygens (including phenoxy) is 1. The Labute approximate surface area is 266 Å². The summed E-state index contributed by atoms with van der Waals surface area (Å²) in [7, 11) is -2.15. The molecule has 8 heteroatoms. The number of anilines is 1. The highest BCUT2D eigenvalue weighted by Gasteiger charge is 2.23. The number of benzene rings is 4. The first-order valence-corrected chi connectivity index (χ1v) is 16.8. The van der Waals surface area contributed by atoms with E-state index < -0.39 is 15.6 Å². The van der Waals surface area contributed by atoms with Gasteiger partial charge >= 0.3 is 5.97 Å². The number of unbranched alkanes of at least 4 members (excludes halogenated alkanes) is 1. The van der Waals surface area contributed by atoms with E-state index in [1.165, 1.54) is 4.31 Å². The molecule has 234 valence electrons. The first kappa shape index (κ1) is 32.0. The number of aromatic nitrogens is 2. The third-order valence-electron chi connectivity index (χ3n) is 7.76. The van der Waals surface area contributed by atoms with Gasteiger partial charge in [-0.2, -0.15) is 0 Å². The van der Waals surface area contributed by atoms with Crippen LogP contribution in [0.3, 0.4) is 0 Å². The normalized spacial score (nSPS) is 12.0. The number of rotatable bonds is 10. The summed E-state index contributed by atoms with van der Waals surface area (Å²) in [4.78, 5) is 18.1. The van der Waals surface area contributed by atoms with Crippen molar-refractivity contribution in [2.24, 2.45) is 0 Å². The van der Waals surface area contributed by atoms with Gasteiger partial charge in [0, 0.05) is 20.0 Å². The van der Waals surface area contributed by atoms with Gasteiger partial charge in [-0.3, -0.25) is 4.31 Å². The number of hydrogen-bond acceptors (Lipinski definition) is 5. The smallest absolute Gasteiger partial charge is 0.339 e. The molecule has 0 spiro atoms. The lowest BCUT2D eigenvalue weighted by Crippen LogP contribution is -2.26. The average Bonchev–Trinajstić information content (AvgIpc) is 3.35. The fraction of sp³-hybridized carbons (Fsp3) is 0.297. The minimum Gasteiger partial charge on any atom is -0.456 e. The predicted octanol–water partition coefficient (Wildman–Crippen LogP) is 8.18. The van der Waals surface area contributed by atoms with Crippen molar-refractivity contribution in [2.45, 2.75) is 70.9 Å². The van der Waals surface area contributed by atoms with Crippen molar-refractivity contribution in [3.63, 3.8) is 0 Å². The lowest BCUT2D eigenvalue weighted by atomic mass is 9.98.